The molecule has 0 aromatic heterocycles. The Kier molecular flexibility index (Phi) is 16.0. The number of nitro groups is 1. The number of hydrogen-bond donors (Lipinski definition) is 5. The van der Waals surface area contributed by atoms with E-state index in [9.17, 15) is 53.6 Å². The summed E-state index contributed by atoms with van der Waals surface area (Å²) in [6.07, 6.45) is 2.27. The van der Waals surface area contributed by atoms with E-state index in [-0.39, 0.29) is 57.0 Å². The summed E-state index contributed by atoms with van der Waals surface area (Å²) in [5.74, 6) is -4.85. The number of aromatic hydroxyl groups is 1. The summed E-state index contributed by atoms with van der Waals surface area (Å²) in [5, 5.41) is 41.3. The number of amides is 8. The molecule has 348 valence electrons. The van der Waals surface area contributed by atoms with Gasteiger partial charge < -0.3 is 46.0 Å². The van der Waals surface area contributed by atoms with Gasteiger partial charge in [-0.3, -0.25) is 53.5 Å². The molecule has 4 aliphatic heterocycles. The van der Waals surface area contributed by atoms with Gasteiger partial charge in [-0.15, -0.1) is 5.11 Å². The lowest BCUT2D eigenvalue weighted by Crippen LogP contribution is -2.56. The Morgan fingerprint density at radius 2 is 1.23 bits per heavy atom. The van der Waals surface area contributed by atoms with E-state index in [1.54, 1.807) is 19.1 Å². The molecule has 8 amide bonds. The van der Waals surface area contributed by atoms with Gasteiger partial charge in [-0.05, 0) is 75.3 Å². The van der Waals surface area contributed by atoms with E-state index in [4.69, 9.17) is 0 Å². The summed E-state index contributed by atoms with van der Waals surface area (Å²) in [6.45, 7) is 0.705. The van der Waals surface area contributed by atoms with E-state index in [0.717, 1.165) is 0 Å². The average molecular weight is 903 g/mol. The highest BCUT2D eigenvalue weighted by atomic mass is 16.6. The number of non-ortho nitro benzene ring substituents is 1. The highest BCUT2D eigenvalue weighted by molar-refractivity contribution is 5.97. The van der Waals surface area contributed by atoms with Gasteiger partial charge in [0.25, 0.3) is 5.69 Å². The molecule has 23 heteroatoms. The topological polar surface area (TPSA) is 289 Å². The van der Waals surface area contributed by atoms with E-state index in [0.29, 0.717) is 49.9 Å². The van der Waals surface area contributed by atoms with Crippen molar-refractivity contribution in [3.05, 3.63) is 64.2 Å². The predicted molar refractivity (Wildman–Crippen MR) is 228 cm³/mol. The molecule has 2 aromatic carbocycles. The summed E-state index contributed by atoms with van der Waals surface area (Å²) in [5.41, 5.74) is 0.751. The van der Waals surface area contributed by atoms with Crippen molar-refractivity contribution < 1.29 is 48.4 Å². The number of benzene rings is 2. The maximum absolute atomic E-state index is 14.5. The number of phenols is 1. The zero-order valence-corrected chi connectivity index (χ0v) is 36.1. The van der Waals surface area contributed by atoms with Crippen LogP contribution in [0.25, 0.3) is 0 Å². The first kappa shape index (κ1) is 47.3. The van der Waals surface area contributed by atoms with Crippen molar-refractivity contribution in [3.8, 4) is 5.75 Å². The van der Waals surface area contributed by atoms with Crippen molar-refractivity contribution in [1.82, 2.24) is 45.9 Å². The molecule has 4 aliphatic rings. The molecule has 0 bridgehead atoms. The van der Waals surface area contributed by atoms with Crippen LogP contribution < -0.4 is 21.3 Å². The number of rotatable bonds is 9. The largest absolute Gasteiger partial charge is 0.508 e. The predicted octanol–water partition coefficient (Wildman–Crippen LogP) is -0.488. The van der Waals surface area contributed by atoms with Crippen LogP contribution in [0.1, 0.15) is 51.0 Å². The van der Waals surface area contributed by atoms with Crippen molar-refractivity contribution in [3.63, 3.8) is 0 Å². The third-order valence-electron chi connectivity index (χ3n) is 11.9. The van der Waals surface area contributed by atoms with E-state index in [2.05, 4.69) is 31.6 Å². The second-order valence-electron chi connectivity index (χ2n) is 16.1. The molecular weight excluding hydrogens is 849 g/mol. The average Bonchev–Trinajstić information content (AvgIpc) is 4.11. The van der Waals surface area contributed by atoms with Crippen LogP contribution in [0.3, 0.4) is 0 Å². The van der Waals surface area contributed by atoms with E-state index >= 15 is 0 Å². The number of hydrogen-bond acceptors (Lipinski definition) is 13. The smallest absolute Gasteiger partial charge is 0.269 e. The van der Waals surface area contributed by atoms with Gasteiger partial charge in [0.2, 0.25) is 47.3 Å². The fourth-order valence-corrected chi connectivity index (χ4v) is 8.38. The van der Waals surface area contributed by atoms with Gasteiger partial charge in [-0.2, -0.15) is 0 Å². The van der Waals surface area contributed by atoms with E-state index in [1.807, 2.05) is 0 Å². The first-order chi connectivity index (χ1) is 31.2. The minimum Gasteiger partial charge on any atom is -0.508 e. The molecule has 2 aromatic rings. The third kappa shape index (κ3) is 12.3. The Hall–Kier alpha value is -7.20. The monoisotopic (exact) mass is 902 g/mol. The van der Waals surface area contributed by atoms with Crippen LogP contribution in [-0.2, 0) is 44.8 Å². The van der Waals surface area contributed by atoms with Gasteiger partial charge in [0.15, 0.2) is 0 Å². The molecule has 4 heterocycles. The molecule has 5 N–H and O–H groups in total. The van der Waals surface area contributed by atoms with E-state index in [1.165, 1.54) is 61.0 Å². The van der Waals surface area contributed by atoms with Crippen molar-refractivity contribution in [1.29, 1.82) is 0 Å². The molecule has 0 unspecified atom stereocenters. The van der Waals surface area contributed by atoms with Crippen LogP contribution in [0.2, 0.25) is 0 Å². The van der Waals surface area contributed by atoms with Gasteiger partial charge in [0.05, 0.1) is 43.3 Å². The maximum Gasteiger partial charge on any atom is 0.269 e. The van der Waals surface area contributed by atoms with Crippen LogP contribution in [0.15, 0.2) is 58.9 Å². The maximum atomic E-state index is 14.5. The number of likely N-dealkylation sites (N-methyl/N-ethyl adjacent to an activating group) is 1. The van der Waals surface area contributed by atoms with Gasteiger partial charge in [0.1, 0.15) is 29.9 Å². The van der Waals surface area contributed by atoms with Crippen LogP contribution >= 0.6 is 0 Å². The molecule has 4 saturated heterocycles. The molecule has 6 rings (SSSR count). The first-order valence-corrected chi connectivity index (χ1v) is 21.7. The quantitative estimate of drug-likeness (QED) is 0.121. The van der Waals surface area contributed by atoms with E-state index < -0.39 is 103 Å². The minimum atomic E-state index is -1.28. The SMILES string of the molecule is CCN(CCN1CC(=O)N[C@@H](Cc2ccc(O)cc2)C(=O)NCC(=O)N2CCC[C@H]2C(=O)NCC(=O)N2CCC[C@H]2C(=O)NCC(=O)N2CCC[C@H]2C1=O)N=Nc1ccc([N+](=O)[O-])cc1. The van der Waals surface area contributed by atoms with Crippen molar-refractivity contribution >= 4 is 58.6 Å². The molecular formula is C42H54N12O11. The molecule has 23 nitrogen and oxygen atoms in total. The van der Waals surface area contributed by atoms with Crippen LogP contribution in [0.4, 0.5) is 11.4 Å². The number of carbonyl (C=O) groups is 8. The molecule has 0 spiro atoms. The number of nitrogens with zero attached hydrogens (tertiary/aromatic N) is 8. The van der Waals surface area contributed by atoms with Crippen LogP contribution in [-0.4, -0.2) is 172 Å². The molecule has 4 fully saturated rings. The molecule has 0 aliphatic carbocycles. The number of phenolic OH excluding ortho intramolecular Hbond substituents is 1. The van der Waals surface area contributed by atoms with Crippen LogP contribution in [0.5, 0.6) is 5.75 Å². The number of carbonyl (C=O) groups excluding carboxylic acids is 8. The number of nitrogens with one attached hydrogen (secondary N) is 4. The molecule has 0 radical (unpaired) electrons. The Bertz CT molecular complexity index is 2150. The highest BCUT2D eigenvalue weighted by Gasteiger charge is 2.40. The second-order valence-corrected chi connectivity index (χ2v) is 16.1. The summed E-state index contributed by atoms with van der Waals surface area (Å²) in [6, 6.07) is 7.24. The van der Waals surface area contributed by atoms with Gasteiger partial charge in [-0.1, -0.05) is 17.4 Å². The summed E-state index contributed by atoms with van der Waals surface area (Å²) < 4.78 is 0. The van der Waals surface area contributed by atoms with Crippen molar-refractivity contribution in [2.45, 2.75) is 76.0 Å². The summed E-state index contributed by atoms with van der Waals surface area (Å²) >= 11 is 0. The standard InChI is InChI=1S/C42H54N12O11/c1-2-50(48-47-28-11-13-29(14-12-28)54(64)65)21-20-49-26-35(56)46-31(22-27-9-15-30(55)16-10-27)39(60)43-23-36(57)51-17-3-6-32(51)40(61)44-24-37(58)52-18-4-7-33(52)41(62)45-25-38(59)53-19-5-8-34(53)42(49)63/h9-16,31-34,55H,2-8,17-26H2,1H3,(H,43,60)(H,44,61)(H,45,62)(H,46,56)/t31-,32-,33-,34-/m0/s1. The number of nitro benzene ring substituents is 1. The Morgan fingerprint density at radius 1 is 0.723 bits per heavy atom. The summed E-state index contributed by atoms with van der Waals surface area (Å²) in [7, 11) is 0. The fraction of sp³-hybridized carbons (Fsp3) is 0.524. The lowest BCUT2D eigenvalue weighted by Gasteiger charge is -2.32. The lowest BCUT2D eigenvalue weighted by molar-refractivity contribution is -0.384. The third-order valence-corrected chi connectivity index (χ3v) is 11.9. The van der Waals surface area contributed by atoms with Gasteiger partial charge in [0, 0.05) is 51.3 Å². The minimum absolute atomic E-state index is 0.0280. The zero-order valence-electron chi connectivity index (χ0n) is 36.1. The number of fused-ring (bicyclic) bond motifs is 3. The highest BCUT2D eigenvalue weighted by Crippen LogP contribution is 2.23. The molecule has 4 atom stereocenters. The van der Waals surface area contributed by atoms with Crippen molar-refractivity contribution in [2.75, 3.05) is 65.4 Å². The fourth-order valence-electron chi connectivity index (χ4n) is 8.38. The zero-order chi connectivity index (χ0) is 46.6. The van der Waals surface area contributed by atoms with Gasteiger partial charge in [-0.25, -0.2) is 0 Å². The Labute approximate surface area is 374 Å². The Balaban J connectivity index is 1.26. The lowest BCUT2D eigenvalue weighted by atomic mass is 10.0. The summed E-state index contributed by atoms with van der Waals surface area (Å²) in [4.78, 5) is 125. The first-order valence-electron chi connectivity index (χ1n) is 21.7. The van der Waals surface area contributed by atoms with Crippen molar-refractivity contribution in [2.24, 2.45) is 10.3 Å². The second kappa shape index (κ2) is 21.9. The normalized spacial score (nSPS) is 23.3. The van der Waals surface area contributed by atoms with Gasteiger partial charge >= 0.3 is 0 Å². The van der Waals surface area contributed by atoms with Crippen LogP contribution in [0, 0.1) is 10.1 Å². The Morgan fingerprint density at radius 3 is 1.75 bits per heavy atom. The molecule has 65 heavy (non-hydrogen) atoms. The molecule has 0 saturated carbocycles.